The van der Waals surface area contributed by atoms with Crippen LogP contribution in [0.5, 0.6) is 0 Å². The molecule has 16 heavy (non-hydrogen) atoms. The van der Waals surface area contributed by atoms with E-state index in [2.05, 4.69) is 39.2 Å². The van der Waals surface area contributed by atoms with Gasteiger partial charge in [-0.1, -0.05) is 13.3 Å². The van der Waals surface area contributed by atoms with E-state index in [0.717, 1.165) is 41.1 Å². The number of nitrogens with zero attached hydrogens (tertiary/aromatic N) is 1. The van der Waals surface area contributed by atoms with Crippen molar-refractivity contribution in [3.63, 3.8) is 0 Å². The number of hydrogen-bond acceptors (Lipinski definition) is 2. The van der Waals surface area contributed by atoms with Crippen LogP contribution in [0.4, 0.5) is 5.82 Å². The molecule has 1 aromatic heterocycles. The maximum absolute atomic E-state index is 5.76. The first-order chi connectivity index (χ1) is 7.67. The molecule has 1 rings (SSSR count). The Morgan fingerprint density at radius 1 is 1.56 bits per heavy atom. The van der Waals surface area contributed by atoms with Crippen LogP contribution in [0.25, 0.3) is 0 Å². The molecule has 1 unspecified atom stereocenters. The van der Waals surface area contributed by atoms with Crippen molar-refractivity contribution in [3.05, 3.63) is 22.3 Å². The third-order valence-electron chi connectivity index (χ3n) is 2.63. The standard InChI is InChI=1S/C12H18BrClN2/c1-3-10(4-5-14)8-16-12-11(13)6-9(2)7-15-12/h6-7,10H,3-5,8H2,1-2H3,(H,15,16). The van der Waals surface area contributed by atoms with Crippen LogP contribution in [0.15, 0.2) is 16.7 Å². The van der Waals surface area contributed by atoms with Gasteiger partial charge in [0, 0.05) is 18.6 Å². The van der Waals surface area contributed by atoms with Gasteiger partial charge in [0.05, 0.1) is 4.47 Å². The summed E-state index contributed by atoms with van der Waals surface area (Å²) in [6, 6.07) is 2.07. The lowest BCUT2D eigenvalue weighted by Crippen LogP contribution is -2.15. The Balaban J connectivity index is 2.53. The van der Waals surface area contributed by atoms with Crippen molar-refractivity contribution in [2.45, 2.75) is 26.7 Å². The monoisotopic (exact) mass is 304 g/mol. The van der Waals surface area contributed by atoms with Crippen molar-refractivity contribution in [2.24, 2.45) is 5.92 Å². The van der Waals surface area contributed by atoms with Crippen molar-refractivity contribution in [1.82, 2.24) is 4.98 Å². The van der Waals surface area contributed by atoms with Crippen LogP contribution in [-0.2, 0) is 0 Å². The van der Waals surface area contributed by atoms with E-state index in [1.165, 1.54) is 0 Å². The Kier molecular flexibility index (Phi) is 6.14. The van der Waals surface area contributed by atoms with E-state index in [9.17, 15) is 0 Å². The molecule has 0 fully saturated rings. The fraction of sp³-hybridized carbons (Fsp3) is 0.583. The summed E-state index contributed by atoms with van der Waals surface area (Å²) in [5.41, 5.74) is 1.16. The van der Waals surface area contributed by atoms with Crippen molar-refractivity contribution in [2.75, 3.05) is 17.7 Å². The molecular weight excluding hydrogens is 288 g/mol. The van der Waals surface area contributed by atoms with E-state index < -0.39 is 0 Å². The molecule has 1 heterocycles. The first-order valence-corrected chi connectivity index (χ1v) is 6.92. The minimum atomic E-state index is 0.618. The lowest BCUT2D eigenvalue weighted by molar-refractivity contribution is 0.521. The highest BCUT2D eigenvalue weighted by atomic mass is 79.9. The molecule has 0 aliphatic carbocycles. The minimum Gasteiger partial charge on any atom is -0.369 e. The molecule has 0 spiro atoms. The number of alkyl halides is 1. The van der Waals surface area contributed by atoms with Gasteiger partial charge in [0.15, 0.2) is 0 Å². The zero-order chi connectivity index (χ0) is 12.0. The summed E-state index contributed by atoms with van der Waals surface area (Å²) in [6.45, 7) is 5.15. The molecule has 0 aliphatic heterocycles. The van der Waals surface area contributed by atoms with Crippen LogP contribution in [-0.4, -0.2) is 17.4 Å². The zero-order valence-electron chi connectivity index (χ0n) is 9.76. The Hall–Kier alpha value is -0.280. The quantitative estimate of drug-likeness (QED) is 0.796. The molecule has 0 bridgehead atoms. The van der Waals surface area contributed by atoms with Gasteiger partial charge in [-0.05, 0) is 46.8 Å². The molecule has 0 amide bonds. The highest BCUT2D eigenvalue weighted by Crippen LogP contribution is 2.21. The van der Waals surface area contributed by atoms with Crippen LogP contribution in [0.3, 0.4) is 0 Å². The highest BCUT2D eigenvalue weighted by molar-refractivity contribution is 9.10. The van der Waals surface area contributed by atoms with Gasteiger partial charge >= 0.3 is 0 Å². The van der Waals surface area contributed by atoms with Crippen LogP contribution in [0, 0.1) is 12.8 Å². The highest BCUT2D eigenvalue weighted by Gasteiger charge is 2.07. The van der Waals surface area contributed by atoms with Crippen LogP contribution >= 0.6 is 27.5 Å². The average molecular weight is 306 g/mol. The first kappa shape index (κ1) is 13.8. The number of halogens is 2. The largest absolute Gasteiger partial charge is 0.369 e. The fourth-order valence-electron chi connectivity index (χ4n) is 1.51. The second-order valence-electron chi connectivity index (χ2n) is 3.98. The molecule has 0 saturated carbocycles. The summed E-state index contributed by atoms with van der Waals surface area (Å²) >= 11 is 9.26. The molecule has 0 radical (unpaired) electrons. The van der Waals surface area contributed by atoms with Crippen LogP contribution in [0.2, 0.25) is 0 Å². The molecule has 2 nitrogen and oxygen atoms in total. The summed E-state index contributed by atoms with van der Waals surface area (Å²) in [5, 5.41) is 3.36. The van der Waals surface area contributed by atoms with Crippen LogP contribution in [0.1, 0.15) is 25.3 Å². The predicted octanol–water partition coefficient (Wildman–Crippen LogP) is 4.22. The van der Waals surface area contributed by atoms with E-state index in [1.807, 2.05) is 13.1 Å². The average Bonchev–Trinajstić information content (AvgIpc) is 2.26. The van der Waals surface area contributed by atoms with Crippen LogP contribution < -0.4 is 5.32 Å². The lowest BCUT2D eigenvalue weighted by Gasteiger charge is -2.15. The summed E-state index contributed by atoms with van der Waals surface area (Å²) in [4.78, 5) is 4.35. The maximum atomic E-state index is 5.76. The summed E-state index contributed by atoms with van der Waals surface area (Å²) in [6.07, 6.45) is 4.06. The van der Waals surface area contributed by atoms with Crippen molar-refractivity contribution in [1.29, 1.82) is 0 Å². The summed E-state index contributed by atoms with van der Waals surface area (Å²) in [7, 11) is 0. The topological polar surface area (TPSA) is 24.9 Å². The van der Waals surface area contributed by atoms with Gasteiger partial charge < -0.3 is 5.32 Å². The fourth-order valence-corrected chi connectivity index (χ4v) is 2.42. The van der Waals surface area contributed by atoms with Crippen molar-refractivity contribution >= 4 is 33.3 Å². The molecule has 0 aliphatic rings. The number of hydrogen-bond donors (Lipinski definition) is 1. The molecule has 90 valence electrons. The SMILES string of the molecule is CCC(CCCl)CNc1ncc(C)cc1Br. The first-order valence-electron chi connectivity index (χ1n) is 5.59. The molecule has 1 N–H and O–H groups in total. The smallest absolute Gasteiger partial charge is 0.140 e. The van der Waals surface area contributed by atoms with E-state index >= 15 is 0 Å². The van der Waals surface area contributed by atoms with Gasteiger partial charge in [0.25, 0.3) is 0 Å². The Bertz CT molecular complexity index is 331. The third-order valence-corrected chi connectivity index (χ3v) is 3.45. The van der Waals surface area contributed by atoms with Gasteiger partial charge in [-0.25, -0.2) is 4.98 Å². The van der Waals surface area contributed by atoms with E-state index in [4.69, 9.17) is 11.6 Å². The molecule has 0 saturated heterocycles. The Morgan fingerprint density at radius 3 is 2.88 bits per heavy atom. The second-order valence-corrected chi connectivity index (χ2v) is 5.21. The molecule has 0 aromatic carbocycles. The van der Waals surface area contributed by atoms with Gasteiger partial charge in [0.1, 0.15) is 5.82 Å². The zero-order valence-corrected chi connectivity index (χ0v) is 12.1. The predicted molar refractivity (Wildman–Crippen MR) is 74.3 cm³/mol. The summed E-state index contributed by atoms with van der Waals surface area (Å²) < 4.78 is 1.02. The van der Waals surface area contributed by atoms with E-state index in [1.54, 1.807) is 0 Å². The van der Waals surface area contributed by atoms with E-state index in [0.29, 0.717) is 5.92 Å². The minimum absolute atomic E-state index is 0.618. The number of aromatic nitrogens is 1. The number of rotatable bonds is 6. The number of pyridine rings is 1. The third kappa shape index (κ3) is 4.30. The maximum Gasteiger partial charge on any atom is 0.140 e. The van der Waals surface area contributed by atoms with Gasteiger partial charge in [-0.15, -0.1) is 11.6 Å². The Morgan fingerprint density at radius 2 is 2.31 bits per heavy atom. The molecule has 1 atom stereocenters. The Labute approximate surface area is 111 Å². The second kappa shape index (κ2) is 7.13. The van der Waals surface area contributed by atoms with Crippen molar-refractivity contribution in [3.8, 4) is 0 Å². The van der Waals surface area contributed by atoms with Gasteiger partial charge in [0.2, 0.25) is 0 Å². The lowest BCUT2D eigenvalue weighted by atomic mass is 10.0. The number of nitrogens with one attached hydrogen (secondary N) is 1. The van der Waals surface area contributed by atoms with Gasteiger partial charge in [-0.2, -0.15) is 0 Å². The molecule has 1 aromatic rings. The number of anilines is 1. The summed E-state index contributed by atoms with van der Waals surface area (Å²) in [5.74, 6) is 2.26. The van der Waals surface area contributed by atoms with E-state index in [-0.39, 0.29) is 0 Å². The van der Waals surface area contributed by atoms with Gasteiger partial charge in [-0.3, -0.25) is 0 Å². The molecule has 4 heteroatoms. The molecular formula is C12H18BrClN2. The number of aryl methyl sites for hydroxylation is 1. The normalized spacial score (nSPS) is 12.5. The van der Waals surface area contributed by atoms with Crippen molar-refractivity contribution < 1.29 is 0 Å².